The first-order chi connectivity index (χ1) is 8.70. The second-order valence-electron chi connectivity index (χ2n) is 3.66. The third-order valence-corrected chi connectivity index (χ3v) is 2.75. The summed E-state index contributed by atoms with van der Waals surface area (Å²) in [6, 6.07) is 8.17. The van der Waals surface area contributed by atoms with Crippen molar-refractivity contribution in [2.24, 2.45) is 0 Å². The van der Waals surface area contributed by atoms with Gasteiger partial charge in [-0.1, -0.05) is 23.7 Å². The number of ether oxygens (including phenoxy) is 1. The summed E-state index contributed by atoms with van der Waals surface area (Å²) in [6.45, 7) is 0.442. The van der Waals surface area contributed by atoms with E-state index in [1.54, 1.807) is 31.5 Å². The Morgan fingerprint density at radius 3 is 2.78 bits per heavy atom. The molecule has 0 aliphatic heterocycles. The molecule has 1 heterocycles. The number of hydrogen-bond acceptors (Lipinski definition) is 3. The van der Waals surface area contributed by atoms with Gasteiger partial charge in [0, 0.05) is 18.8 Å². The highest BCUT2D eigenvalue weighted by Crippen LogP contribution is 2.25. The standard InChI is InChI=1S/C13H12ClFN2O/c1-18-12-6-5-9(7-16-12)8-17-13-10(14)3-2-4-11(13)15/h2-7,17H,8H2,1H3. The quantitative estimate of drug-likeness (QED) is 0.920. The van der Waals surface area contributed by atoms with Crippen LogP contribution in [-0.4, -0.2) is 12.1 Å². The predicted molar refractivity (Wildman–Crippen MR) is 69.5 cm³/mol. The van der Waals surface area contributed by atoms with E-state index >= 15 is 0 Å². The lowest BCUT2D eigenvalue weighted by molar-refractivity contribution is 0.397. The first kappa shape index (κ1) is 12.6. The molecule has 0 bridgehead atoms. The van der Waals surface area contributed by atoms with E-state index in [-0.39, 0.29) is 5.82 Å². The fourth-order valence-corrected chi connectivity index (χ4v) is 1.72. The van der Waals surface area contributed by atoms with Crippen LogP contribution < -0.4 is 10.1 Å². The minimum Gasteiger partial charge on any atom is -0.481 e. The van der Waals surface area contributed by atoms with Crippen molar-refractivity contribution in [1.29, 1.82) is 0 Å². The number of aromatic nitrogens is 1. The summed E-state index contributed by atoms with van der Waals surface area (Å²) >= 11 is 5.91. The first-order valence-electron chi connectivity index (χ1n) is 5.37. The lowest BCUT2D eigenvalue weighted by Crippen LogP contribution is -2.02. The third kappa shape index (κ3) is 2.90. The van der Waals surface area contributed by atoms with E-state index < -0.39 is 0 Å². The summed E-state index contributed by atoms with van der Waals surface area (Å²) in [7, 11) is 1.55. The van der Waals surface area contributed by atoms with Gasteiger partial charge in [-0.05, 0) is 17.7 Å². The van der Waals surface area contributed by atoms with E-state index in [2.05, 4.69) is 10.3 Å². The first-order valence-corrected chi connectivity index (χ1v) is 5.75. The molecule has 94 valence electrons. The molecule has 0 spiro atoms. The normalized spacial score (nSPS) is 10.2. The van der Waals surface area contributed by atoms with Gasteiger partial charge in [0.2, 0.25) is 5.88 Å². The highest BCUT2D eigenvalue weighted by molar-refractivity contribution is 6.33. The van der Waals surface area contributed by atoms with Crippen LogP contribution >= 0.6 is 11.6 Å². The number of pyridine rings is 1. The summed E-state index contributed by atoms with van der Waals surface area (Å²) in [4.78, 5) is 4.07. The third-order valence-electron chi connectivity index (χ3n) is 2.44. The number of rotatable bonds is 4. The maximum atomic E-state index is 13.5. The summed E-state index contributed by atoms with van der Waals surface area (Å²) < 4.78 is 18.4. The second-order valence-corrected chi connectivity index (χ2v) is 4.07. The number of nitrogens with zero attached hydrogens (tertiary/aromatic N) is 1. The van der Waals surface area contributed by atoms with Crippen LogP contribution in [0.2, 0.25) is 5.02 Å². The van der Waals surface area contributed by atoms with Gasteiger partial charge in [0.15, 0.2) is 0 Å². The number of nitrogens with one attached hydrogen (secondary N) is 1. The Hall–Kier alpha value is -1.81. The van der Waals surface area contributed by atoms with Gasteiger partial charge in [0.1, 0.15) is 5.82 Å². The molecule has 1 aromatic carbocycles. The van der Waals surface area contributed by atoms with E-state index in [0.717, 1.165) is 5.56 Å². The molecule has 5 heteroatoms. The van der Waals surface area contributed by atoms with Gasteiger partial charge >= 0.3 is 0 Å². The maximum absolute atomic E-state index is 13.5. The molecule has 1 aromatic heterocycles. The monoisotopic (exact) mass is 266 g/mol. The van der Waals surface area contributed by atoms with Gasteiger partial charge in [0.05, 0.1) is 17.8 Å². The molecule has 0 unspecified atom stereocenters. The molecule has 1 N–H and O–H groups in total. The van der Waals surface area contributed by atoms with Crippen LogP contribution in [0.25, 0.3) is 0 Å². The van der Waals surface area contributed by atoms with E-state index in [1.165, 1.54) is 6.07 Å². The van der Waals surface area contributed by atoms with Crippen LogP contribution in [-0.2, 0) is 6.54 Å². The summed E-state index contributed by atoms with van der Waals surface area (Å²) in [5.74, 6) is 0.173. The number of benzene rings is 1. The SMILES string of the molecule is COc1ccc(CNc2c(F)cccc2Cl)cn1. The van der Waals surface area contributed by atoms with Crippen LogP contribution in [0.15, 0.2) is 36.5 Å². The highest BCUT2D eigenvalue weighted by Gasteiger charge is 2.06. The van der Waals surface area contributed by atoms with E-state index in [0.29, 0.717) is 23.1 Å². The molecule has 0 saturated carbocycles. The average Bonchev–Trinajstić information content (AvgIpc) is 2.39. The van der Waals surface area contributed by atoms with Crippen LogP contribution in [0.1, 0.15) is 5.56 Å². The van der Waals surface area contributed by atoms with Crippen molar-refractivity contribution in [3.05, 3.63) is 52.9 Å². The average molecular weight is 267 g/mol. The topological polar surface area (TPSA) is 34.1 Å². The molecule has 2 aromatic rings. The smallest absolute Gasteiger partial charge is 0.212 e. The van der Waals surface area contributed by atoms with Gasteiger partial charge in [-0.2, -0.15) is 0 Å². The van der Waals surface area contributed by atoms with Crippen molar-refractivity contribution in [2.45, 2.75) is 6.54 Å². The zero-order valence-corrected chi connectivity index (χ0v) is 10.5. The van der Waals surface area contributed by atoms with Crippen LogP contribution in [0.3, 0.4) is 0 Å². The molecule has 3 nitrogen and oxygen atoms in total. The maximum Gasteiger partial charge on any atom is 0.212 e. The summed E-state index contributed by atoms with van der Waals surface area (Å²) in [5.41, 5.74) is 1.21. The van der Waals surface area contributed by atoms with E-state index in [4.69, 9.17) is 16.3 Å². The molecule has 0 aliphatic carbocycles. The van der Waals surface area contributed by atoms with Gasteiger partial charge < -0.3 is 10.1 Å². The number of para-hydroxylation sites is 1. The molecule has 0 atom stereocenters. The number of methoxy groups -OCH3 is 1. The lowest BCUT2D eigenvalue weighted by Gasteiger charge is -2.09. The van der Waals surface area contributed by atoms with E-state index in [1.807, 2.05) is 6.07 Å². The van der Waals surface area contributed by atoms with Gasteiger partial charge in [-0.25, -0.2) is 9.37 Å². The predicted octanol–water partition coefficient (Wildman–Crippen LogP) is 3.49. The van der Waals surface area contributed by atoms with Gasteiger partial charge in [-0.3, -0.25) is 0 Å². The summed E-state index contributed by atoms with van der Waals surface area (Å²) in [6.07, 6.45) is 1.67. The van der Waals surface area contributed by atoms with Crippen molar-refractivity contribution in [2.75, 3.05) is 12.4 Å². The Labute approximate surface area is 110 Å². The van der Waals surface area contributed by atoms with Crippen molar-refractivity contribution < 1.29 is 9.13 Å². The molecule has 0 fully saturated rings. The van der Waals surface area contributed by atoms with E-state index in [9.17, 15) is 4.39 Å². The Balaban J connectivity index is 2.06. The number of anilines is 1. The molecular weight excluding hydrogens is 255 g/mol. The fraction of sp³-hybridized carbons (Fsp3) is 0.154. The Morgan fingerprint density at radius 2 is 2.17 bits per heavy atom. The number of halogens is 2. The summed E-state index contributed by atoms with van der Waals surface area (Å²) in [5, 5.41) is 3.31. The van der Waals surface area contributed by atoms with Crippen LogP contribution in [0.4, 0.5) is 10.1 Å². The molecule has 2 rings (SSSR count). The largest absolute Gasteiger partial charge is 0.481 e. The minimum absolute atomic E-state index is 0.301. The molecule has 0 saturated heterocycles. The molecular formula is C13H12ClFN2O. The lowest BCUT2D eigenvalue weighted by atomic mass is 10.2. The van der Waals surface area contributed by atoms with Crippen molar-refractivity contribution in [1.82, 2.24) is 4.98 Å². The second kappa shape index (κ2) is 5.69. The zero-order chi connectivity index (χ0) is 13.0. The zero-order valence-electron chi connectivity index (χ0n) is 9.78. The molecule has 0 radical (unpaired) electrons. The molecule has 0 aliphatic rings. The van der Waals surface area contributed by atoms with Gasteiger partial charge in [-0.15, -0.1) is 0 Å². The fourth-order valence-electron chi connectivity index (χ4n) is 1.49. The van der Waals surface area contributed by atoms with Crippen molar-refractivity contribution in [3.63, 3.8) is 0 Å². The Morgan fingerprint density at radius 1 is 1.33 bits per heavy atom. The van der Waals surface area contributed by atoms with Crippen molar-refractivity contribution >= 4 is 17.3 Å². The van der Waals surface area contributed by atoms with Crippen LogP contribution in [0, 0.1) is 5.82 Å². The van der Waals surface area contributed by atoms with Crippen LogP contribution in [0.5, 0.6) is 5.88 Å². The number of hydrogen-bond donors (Lipinski definition) is 1. The van der Waals surface area contributed by atoms with Crippen molar-refractivity contribution in [3.8, 4) is 5.88 Å². The Kier molecular flexibility index (Phi) is 3.99. The highest BCUT2D eigenvalue weighted by atomic mass is 35.5. The molecule has 0 amide bonds. The molecule has 18 heavy (non-hydrogen) atoms. The Bertz CT molecular complexity index is 511. The minimum atomic E-state index is -0.371. The van der Waals surface area contributed by atoms with Gasteiger partial charge in [0.25, 0.3) is 0 Å².